The molecule has 0 amide bonds. The molecule has 138 valence electrons. The molecule has 0 atom stereocenters. The first-order valence-corrected chi connectivity index (χ1v) is 9.43. The minimum absolute atomic E-state index is 0.232. The Labute approximate surface area is 161 Å². The highest BCUT2D eigenvalue weighted by molar-refractivity contribution is 7.98. The van der Waals surface area contributed by atoms with Gasteiger partial charge in [0, 0.05) is 21.8 Å². The van der Waals surface area contributed by atoms with Crippen molar-refractivity contribution in [1.82, 2.24) is 5.16 Å². The summed E-state index contributed by atoms with van der Waals surface area (Å²) in [6.45, 7) is 3.47. The Hall–Kier alpha value is -2.86. The van der Waals surface area contributed by atoms with E-state index in [0.29, 0.717) is 16.9 Å². The van der Waals surface area contributed by atoms with E-state index in [-0.39, 0.29) is 12.4 Å². The Morgan fingerprint density at radius 1 is 1.04 bits per heavy atom. The maximum Gasteiger partial charge on any atom is 0.339 e. The van der Waals surface area contributed by atoms with Gasteiger partial charge in [0.1, 0.15) is 5.76 Å². The fraction of sp³-hybridized carbons (Fsp3) is 0.190. The fourth-order valence-electron chi connectivity index (χ4n) is 2.54. The number of thioether (sulfide) groups is 1. The third-order valence-corrected chi connectivity index (χ3v) is 5.19. The summed E-state index contributed by atoms with van der Waals surface area (Å²) in [5.41, 5.74) is 2.82. The van der Waals surface area contributed by atoms with E-state index in [1.807, 2.05) is 32.0 Å². The Kier molecular flexibility index (Phi) is 6.08. The van der Waals surface area contributed by atoms with Gasteiger partial charge < -0.3 is 9.26 Å². The van der Waals surface area contributed by atoms with E-state index >= 15 is 0 Å². The van der Waals surface area contributed by atoms with Crippen LogP contribution in [0.4, 0.5) is 0 Å². The van der Waals surface area contributed by atoms with Crippen LogP contribution in [0.3, 0.4) is 0 Å². The molecule has 0 aliphatic carbocycles. The maximum atomic E-state index is 12.5. The molecular weight excluding hydrogens is 362 g/mol. The van der Waals surface area contributed by atoms with Gasteiger partial charge in [-0.3, -0.25) is 4.79 Å². The van der Waals surface area contributed by atoms with Gasteiger partial charge in [0.15, 0.2) is 12.4 Å². The second-order valence-corrected chi connectivity index (χ2v) is 6.97. The molecule has 0 saturated carbocycles. The largest absolute Gasteiger partial charge is 0.454 e. The zero-order valence-corrected chi connectivity index (χ0v) is 15.9. The first-order chi connectivity index (χ1) is 13.1. The topological polar surface area (TPSA) is 69.4 Å². The number of Topliss-reactive ketones (excluding diaryl/α,β-unsaturated/α-hetero) is 1. The van der Waals surface area contributed by atoms with Crippen LogP contribution in [0, 0.1) is 13.8 Å². The molecule has 3 aromatic rings. The number of rotatable bonds is 7. The van der Waals surface area contributed by atoms with Gasteiger partial charge in [0.25, 0.3) is 0 Å². The van der Waals surface area contributed by atoms with Crippen LogP contribution in [0.5, 0.6) is 0 Å². The molecule has 0 fully saturated rings. The number of carbonyl (C=O) groups excluding carboxylic acids is 2. The molecule has 0 aliphatic heterocycles. The molecule has 0 radical (unpaired) electrons. The van der Waals surface area contributed by atoms with Crippen molar-refractivity contribution in [3.05, 3.63) is 82.7 Å². The highest BCUT2D eigenvalue weighted by atomic mass is 32.2. The van der Waals surface area contributed by atoms with E-state index in [9.17, 15) is 9.59 Å². The number of ketones is 1. The molecule has 0 unspecified atom stereocenters. The molecule has 0 aliphatic rings. The summed E-state index contributed by atoms with van der Waals surface area (Å²) >= 11 is 1.51. The van der Waals surface area contributed by atoms with E-state index in [1.54, 1.807) is 36.4 Å². The van der Waals surface area contributed by atoms with E-state index in [1.165, 1.54) is 11.8 Å². The average Bonchev–Trinajstić information content (AvgIpc) is 3.02. The van der Waals surface area contributed by atoms with Crippen LogP contribution in [0.2, 0.25) is 0 Å². The first-order valence-electron chi connectivity index (χ1n) is 8.45. The van der Waals surface area contributed by atoms with Gasteiger partial charge in [-0.05, 0) is 26.0 Å². The van der Waals surface area contributed by atoms with Crippen molar-refractivity contribution < 1.29 is 18.8 Å². The highest BCUT2D eigenvalue weighted by Crippen LogP contribution is 2.29. The molecule has 2 aromatic carbocycles. The summed E-state index contributed by atoms with van der Waals surface area (Å²) in [6, 6.07) is 16.0. The minimum atomic E-state index is -0.513. The summed E-state index contributed by atoms with van der Waals surface area (Å²) in [4.78, 5) is 25.4. The predicted octanol–water partition coefficient (Wildman–Crippen LogP) is 4.62. The molecule has 5 nitrogen and oxygen atoms in total. The second-order valence-electron chi connectivity index (χ2n) is 5.95. The van der Waals surface area contributed by atoms with E-state index in [2.05, 4.69) is 5.16 Å². The molecule has 3 rings (SSSR count). The van der Waals surface area contributed by atoms with E-state index in [0.717, 1.165) is 21.9 Å². The van der Waals surface area contributed by atoms with Crippen LogP contribution in [0.25, 0.3) is 0 Å². The third-order valence-electron chi connectivity index (χ3n) is 4.09. The first kappa shape index (κ1) is 18.9. The maximum absolute atomic E-state index is 12.5. The molecule has 0 saturated heterocycles. The number of carbonyl (C=O) groups is 2. The molecule has 6 heteroatoms. The summed E-state index contributed by atoms with van der Waals surface area (Å²) in [7, 11) is 0. The number of benzene rings is 2. The van der Waals surface area contributed by atoms with Gasteiger partial charge in [0.2, 0.25) is 0 Å². The molecule has 1 aromatic heterocycles. The quantitative estimate of drug-likeness (QED) is 0.338. The Morgan fingerprint density at radius 3 is 2.44 bits per heavy atom. The number of nitrogens with zero attached hydrogens (tertiary/aromatic N) is 1. The number of ether oxygens (including phenoxy) is 1. The number of aromatic nitrogens is 1. The van der Waals surface area contributed by atoms with Crippen LogP contribution in [0.1, 0.15) is 37.7 Å². The molecule has 0 bridgehead atoms. The smallest absolute Gasteiger partial charge is 0.339 e. The van der Waals surface area contributed by atoms with Crippen LogP contribution < -0.4 is 0 Å². The van der Waals surface area contributed by atoms with Crippen molar-refractivity contribution in [2.75, 3.05) is 6.61 Å². The number of esters is 1. The van der Waals surface area contributed by atoms with Crippen molar-refractivity contribution >= 4 is 23.5 Å². The zero-order chi connectivity index (χ0) is 19.2. The molecule has 0 spiro atoms. The number of hydrogen-bond donors (Lipinski definition) is 0. The molecule has 27 heavy (non-hydrogen) atoms. The Balaban J connectivity index is 1.66. The van der Waals surface area contributed by atoms with Crippen molar-refractivity contribution in [3.8, 4) is 0 Å². The predicted molar refractivity (Wildman–Crippen MR) is 103 cm³/mol. The van der Waals surface area contributed by atoms with Crippen LogP contribution >= 0.6 is 11.8 Å². The lowest BCUT2D eigenvalue weighted by atomic mass is 10.1. The van der Waals surface area contributed by atoms with Crippen LogP contribution in [-0.4, -0.2) is 23.5 Å². The Bertz CT molecular complexity index is 930. The molecule has 1 heterocycles. The van der Waals surface area contributed by atoms with Crippen molar-refractivity contribution in [2.45, 2.75) is 24.5 Å². The second kappa shape index (κ2) is 8.68. The van der Waals surface area contributed by atoms with Crippen molar-refractivity contribution in [3.63, 3.8) is 0 Å². The summed E-state index contributed by atoms with van der Waals surface area (Å²) in [5.74, 6) is 0.661. The monoisotopic (exact) mass is 381 g/mol. The van der Waals surface area contributed by atoms with Gasteiger partial charge in [-0.15, -0.1) is 11.8 Å². The Morgan fingerprint density at radius 2 is 1.74 bits per heavy atom. The van der Waals surface area contributed by atoms with Crippen molar-refractivity contribution in [1.29, 1.82) is 0 Å². The zero-order valence-electron chi connectivity index (χ0n) is 15.1. The van der Waals surface area contributed by atoms with E-state index < -0.39 is 5.97 Å². The normalized spacial score (nSPS) is 10.6. The number of hydrogen-bond acceptors (Lipinski definition) is 6. The van der Waals surface area contributed by atoms with Crippen LogP contribution in [-0.2, 0) is 10.5 Å². The minimum Gasteiger partial charge on any atom is -0.454 e. The fourth-order valence-corrected chi connectivity index (χ4v) is 3.73. The summed E-state index contributed by atoms with van der Waals surface area (Å²) < 4.78 is 10.4. The van der Waals surface area contributed by atoms with E-state index in [4.69, 9.17) is 9.26 Å². The van der Waals surface area contributed by atoms with Crippen molar-refractivity contribution in [2.24, 2.45) is 0 Å². The summed E-state index contributed by atoms with van der Waals surface area (Å²) in [5, 5.41) is 3.95. The average molecular weight is 381 g/mol. The van der Waals surface area contributed by atoms with Gasteiger partial charge in [-0.2, -0.15) is 0 Å². The SMILES string of the molecule is Cc1noc(C)c1CSc1ccccc1C(=O)OCC(=O)c1ccccc1. The number of aryl methyl sites for hydroxylation is 2. The third kappa shape index (κ3) is 4.65. The molecule has 0 N–H and O–H groups in total. The van der Waals surface area contributed by atoms with Gasteiger partial charge in [-0.1, -0.05) is 47.6 Å². The summed E-state index contributed by atoms with van der Waals surface area (Å²) in [6.07, 6.45) is 0. The standard InChI is InChI=1S/C21H19NO4S/c1-14-18(15(2)26-22-14)13-27-20-11-7-6-10-17(20)21(24)25-12-19(23)16-8-4-3-5-9-16/h3-11H,12-13H2,1-2H3. The van der Waals surface area contributed by atoms with Gasteiger partial charge in [0.05, 0.1) is 11.3 Å². The lowest BCUT2D eigenvalue weighted by molar-refractivity contribution is 0.0471. The lowest BCUT2D eigenvalue weighted by Crippen LogP contribution is -2.14. The lowest BCUT2D eigenvalue weighted by Gasteiger charge is -2.09. The highest BCUT2D eigenvalue weighted by Gasteiger charge is 2.17. The van der Waals surface area contributed by atoms with Gasteiger partial charge in [-0.25, -0.2) is 4.79 Å². The van der Waals surface area contributed by atoms with Crippen LogP contribution in [0.15, 0.2) is 64.0 Å². The molecular formula is C21H19NO4S. The van der Waals surface area contributed by atoms with Gasteiger partial charge >= 0.3 is 5.97 Å².